The SMILES string of the molecule is COCCNCCNC(=O)C1CCCC1C. The van der Waals surface area contributed by atoms with Crippen molar-refractivity contribution in [2.75, 3.05) is 33.4 Å². The molecule has 2 unspecified atom stereocenters. The van der Waals surface area contributed by atoms with Crippen LogP contribution >= 0.6 is 0 Å². The zero-order valence-electron chi connectivity index (χ0n) is 10.4. The topological polar surface area (TPSA) is 50.4 Å². The van der Waals surface area contributed by atoms with Crippen LogP contribution < -0.4 is 10.6 Å². The van der Waals surface area contributed by atoms with Gasteiger partial charge in [-0.05, 0) is 18.8 Å². The maximum Gasteiger partial charge on any atom is 0.223 e. The van der Waals surface area contributed by atoms with E-state index in [-0.39, 0.29) is 11.8 Å². The van der Waals surface area contributed by atoms with E-state index < -0.39 is 0 Å². The number of carbonyl (C=O) groups is 1. The van der Waals surface area contributed by atoms with Gasteiger partial charge in [0.15, 0.2) is 0 Å². The van der Waals surface area contributed by atoms with E-state index in [0.717, 1.165) is 19.5 Å². The molecule has 1 saturated carbocycles. The molecule has 2 N–H and O–H groups in total. The van der Waals surface area contributed by atoms with E-state index in [9.17, 15) is 4.79 Å². The molecule has 0 aromatic carbocycles. The second-order valence-electron chi connectivity index (χ2n) is 4.55. The van der Waals surface area contributed by atoms with Crippen LogP contribution in [0.15, 0.2) is 0 Å². The second kappa shape index (κ2) is 7.63. The molecule has 1 aliphatic carbocycles. The summed E-state index contributed by atoms with van der Waals surface area (Å²) >= 11 is 0. The maximum atomic E-state index is 11.8. The maximum absolute atomic E-state index is 11.8. The molecular formula is C12H24N2O2. The van der Waals surface area contributed by atoms with E-state index in [1.807, 2.05) is 0 Å². The van der Waals surface area contributed by atoms with Gasteiger partial charge in [0.05, 0.1) is 6.61 Å². The summed E-state index contributed by atoms with van der Waals surface area (Å²) in [6, 6.07) is 0. The summed E-state index contributed by atoms with van der Waals surface area (Å²) in [6.07, 6.45) is 3.46. The lowest BCUT2D eigenvalue weighted by Gasteiger charge is -2.15. The molecule has 0 aromatic heterocycles. The highest BCUT2D eigenvalue weighted by Gasteiger charge is 2.29. The van der Waals surface area contributed by atoms with Crippen molar-refractivity contribution in [3.8, 4) is 0 Å². The van der Waals surface area contributed by atoms with Gasteiger partial charge in [-0.3, -0.25) is 4.79 Å². The predicted molar refractivity (Wildman–Crippen MR) is 64.3 cm³/mol. The highest BCUT2D eigenvalue weighted by atomic mass is 16.5. The first kappa shape index (κ1) is 13.5. The Kier molecular flexibility index (Phi) is 6.42. The average Bonchev–Trinajstić information content (AvgIpc) is 2.69. The van der Waals surface area contributed by atoms with Crippen molar-refractivity contribution in [2.24, 2.45) is 11.8 Å². The second-order valence-corrected chi connectivity index (χ2v) is 4.55. The molecule has 0 saturated heterocycles. The molecule has 0 aliphatic heterocycles. The van der Waals surface area contributed by atoms with Crippen molar-refractivity contribution in [2.45, 2.75) is 26.2 Å². The van der Waals surface area contributed by atoms with Gasteiger partial charge in [-0.1, -0.05) is 13.3 Å². The van der Waals surface area contributed by atoms with Gasteiger partial charge in [0.25, 0.3) is 0 Å². The van der Waals surface area contributed by atoms with Gasteiger partial charge in [0.2, 0.25) is 5.91 Å². The minimum atomic E-state index is 0.235. The smallest absolute Gasteiger partial charge is 0.223 e. The highest BCUT2D eigenvalue weighted by molar-refractivity contribution is 5.79. The number of ether oxygens (including phenoxy) is 1. The Hall–Kier alpha value is -0.610. The first-order chi connectivity index (χ1) is 7.75. The molecule has 0 spiro atoms. The third-order valence-corrected chi connectivity index (χ3v) is 3.28. The quantitative estimate of drug-likeness (QED) is 0.633. The van der Waals surface area contributed by atoms with E-state index in [4.69, 9.17) is 4.74 Å². The monoisotopic (exact) mass is 228 g/mol. The zero-order valence-corrected chi connectivity index (χ0v) is 10.4. The van der Waals surface area contributed by atoms with Crippen molar-refractivity contribution in [3.05, 3.63) is 0 Å². The minimum absolute atomic E-state index is 0.235. The Labute approximate surface area is 98.1 Å². The molecule has 1 amide bonds. The van der Waals surface area contributed by atoms with Crippen LogP contribution in [0.2, 0.25) is 0 Å². The van der Waals surface area contributed by atoms with Crippen LogP contribution in [-0.2, 0) is 9.53 Å². The van der Waals surface area contributed by atoms with E-state index in [0.29, 0.717) is 19.1 Å². The number of rotatable bonds is 7. The van der Waals surface area contributed by atoms with E-state index in [1.165, 1.54) is 12.8 Å². The Morgan fingerprint density at radius 2 is 2.12 bits per heavy atom. The number of hydrogen-bond acceptors (Lipinski definition) is 3. The first-order valence-corrected chi connectivity index (χ1v) is 6.23. The molecule has 4 nitrogen and oxygen atoms in total. The standard InChI is InChI=1S/C12H24N2O2/c1-10-4-3-5-11(10)12(15)14-7-6-13-8-9-16-2/h10-11,13H,3-9H2,1-2H3,(H,14,15). The Morgan fingerprint density at radius 3 is 2.75 bits per heavy atom. The summed E-state index contributed by atoms with van der Waals surface area (Å²) in [7, 11) is 1.69. The normalized spacial score (nSPS) is 24.6. The van der Waals surface area contributed by atoms with Crippen LogP contribution in [0.1, 0.15) is 26.2 Å². The lowest BCUT2D eigenvalue weighted by molar-refractivity contribution is -0.125. The fraction of sp³-hybridized carbons (Fsp3) is 0.917. The minimum Gasteiger partial charge on any atom is -0.383 e. The summed E-state index contributed by atoms with van der Waals surface area (Å²) in [5.41, 5.74) is 0. The molecule has 0 aromatic rings. The van der Waals surface area contributed by atoms with Crippen LogP contribution in [0, 0.1) is 11.8 Å². The van der Waals surface area contributed by atoms with Gasteiger partial charge in [-0.15, -0.1) is 0 Å². The molecule has 0 heterocycles. The third-order valence-electron chi connectivity index (χ3n) is 3.28. The summed E-state index contributed by atoms with van der Waals surface area (Å²) in [5.74, 6) is 1.04. The highest BCUT2D eigenvalue weighted by Crippen LogP contribution is 2.30. The van der Waals surface area contributed by atoms with Crippen molar-refractivity contribution in [3.63, 3.8) is 0 Å². The van der Waals surface area contributed by atoms with Gasteiger partial charge < -0.3 is 15.4 Å². The van der Waals surface area contributed by atoms with Crippen molar-refractivity contribution < 1.29 is 9.53 Å². The van der Waals surface area contributed by atoms with Crippen LogP contribution in [0.3, 0.4) is 0 Å². The molecule has 1 aliphatic rings. The summed E-state index contributed by atoms with van der Waals surface area (Å²) in [6.45, 7) is 5.26. The van der Waals surface area contributed by atoms with Crippen molar-refractivity contribution >= 4 is 5.91 Å². The molecule has 1 fully saturated rings. The van der Waals surface area contributed by atoms with Gasteiger partial charge in [0.1, 0.15) is 0 Å². The van der Waals surface area contributed by atoms with Gasteiger partial charge in [0, 0.05) is 32.7 Å². The summed E-state index contributed by atoms with van der Waals surface area (Å²) in [4.78, 5) is 11.8. The zero-order chi connectivity index (χ0) is 11.8. The van der Waals surface area contributed by atoms with Gasteiger partial charge in [-0.25, -0.2) is 0 Å². The molecule has 4 heteroatoms. The number of nitrogens with one attached hydrogen (secondary N) is 2. The Morgan fingerprint density at radius 1 is 1.31 bits per heavy atom. The van der Waals surface area contributed by atoms with Crippen LogP contribution in [-0.4, -0.2) is 39.3 Å². The van der Waals surface area contributed by atoms with E-state index >= 15 is 0 Å². The third kappa shape index (κ3) is 4.49. The molecular weight excluding hydrogens is 204 g/mol. The molecule has 0 bridgehead atoms. The number of methoxy groups -OCH3 is 1. The van der Waals surface area contributed by atoms with Crippen LogP contribution in [0.4, 0.5) is 0 Å². The Bertz CT molecular complexity index is 209. The molecule has 94 valence electrons. The average molecular weight is 228 g/mol. The van der Waals surface area contributed by atoms with Crippen LogP contribution in [0.25, 0.3) is 0 Å². The Balaban J connectivity index is 2.02. The van der Waals surface area contributed by atoms with E-state index in [2.05, 4.69) is 17.6 Å². The fourth-order valence-electron chi connectivity index (χ4n) is 2.24. The fourth-order valence-corrected chi connectivity index (χ4v) is 2.24. The number of hydrogen-bond donors (Lipinski definition) is 2. The predicted octanol–water partition coefficient (Wildman–Crippen LogP) is 0.775. The molecule has 2 atom stereocenters. The van der Waals surface area contributed by atoms with E-state index in [1.54, 1.807) is 7.11 Å². The lowest BCUT2D eigenvalue weighted by atomic mass is 9.97. The first-order valence-electron chi connectivity index (χ1n) is 6.23. The summed E-state index contributed by atoms with van der Waals surface area (Å²) < 4.78 is 4.91. The van der Waals surface area contributed by atoms with Gasteiger partial charge in [-0.2, -0.15) is 0 Å². The van der Waals surface area contributed by atoms with Gasteiger partial charge >= 0.3 is 0 Å². The number of amides is 1. The molecule has 16 heavy (non-hydrogen) atoms. The number of carbonyl (C=O) groups excluding carboxylic acids is 1. The summed E-state index contributed by atoms with van der Waals surface area (Å²) in [5, 5.41) is 6.19. The van der Waals surface area contributed by atoms with Crippen LogP contribution in [0.5, 0.6) is 0 Å². The molecule has 0 radical (unpaired) electrons. The van der Waals surface area contributed by atoms with Crippen molar-refractivity contribution in [1.82, 2.24) is 10.6 Å². The largest absolute Gasteiger partial charge is 0.383 e. The molecule has 1 rings (SSSR count). The van der Waals surface area contributed by atoms with Crippen molar-refractivity contribution in [1.29, 1.82) is 0 Å². The lowest BCUT2D eigenvalue weighted by Crippen LogP contribution is -2.37.